The normalized spacial score (nSPS) is 11.1. The van der Waals surface area contributed by atoms with Crippen LogP contribution in [0.5, 0.6) is 0 Å². The molecule has 0 aliphatic rings. The van der Waals surface area contributed by atoms with Gasteiger partial charge in [0.1, 0.15) is 5.69 Å². The number of carbonyl (C=O) groups excluding carboxylic acids is 1. The quantitative estimate of drug-likeness (QED) is 0.462. The van der Waals surface area contributed by atoms with Crippen LogP contribution in [0.25, 0.3) is 44.1 Å². The fourth-order valence-electron chi connectivity index (χ4n) is 3.60. The second-order valence-corrected chi connectivity index (χ2v) is 6.65. The lowest BCUT2D eigenvalue weighted by Gasteiger charge is -2.09. The van der Waals surface area contributed by atoms with Crippen molar-refractivity contribution in [2.45, 2.75) is 0 Å². The van der Waals surface area contributed by atoms with Crippen molar-refractivity contribution in [3.05, 3.63) is 79.1 Å². The molecule has 0 amide bonds. The summed E-state index contributed by atoms with van der Waals surface area (Å²) < 4.78 is 4.83. The summed E-state index contributed by atoms with van der Waals surface area (Å²) in [6, 6.07) is 13.9. The summed E-state index contributed by atoms with van der Waals surface area (Å²) in [5.41, 5.74) is 6.18. The highest BCUT2D eigenvalue weighted by molar-refractivity contribution is 6.03. The minimum atomic E-state index is -0.408. The van der Waals surface area contributed by atoms with Gasteiger partial charge in [-0.3, -0.25) is 15.0 Å². The number of rotatable bonds is 3. The molecule has 0 saturated heterocycles. The molecule has 140 valence electrons. The second-order valence-electron chi connectivity index (χ2n) is 6.65. The first-order valence-electron chi connectivity index (χ1n) is 9.09. The van der Waals surface area contributed by atoms with E-state index in [2.05, 4.69) is 26.0 Å². The van der Waals surface area contributed by atoms with Gasteiger partial charge in [-0.2, -0.15) is 0 Å². The number of aromatic amines is 1. The molecule has 0 bridgehead atoms. The summed E-state index contributed by atoms with van der Waals surface area (Å²) in [4.78, 5) is 27.9. The van der Waals surface area contributed by atoms with Gasteiger partial charge in [0.15, 0.2) is 0 Å². The average Bonchev–Trinajstić information content (AvgIpc) is 3.23. The molecule has 0 atom stereocenters. The van der Waals surface area contributed by atoms with E-state index >= 15 is 0 Å². The van der Waals surface area contributed by atoms with Crippen LogP contribution in [0.15, 0.2) is 73.4 Å². The minimum absolute atomic E-state index is 0.400. The van der Waals surface area contributed by atoms with Crippen LogP contribution >= 0.6 is 0 Å². The van der Waals surface area contributed by atoms with Gasteiger partial charge < -0.3 is 9.72 Å². The molecule has 6 nitrogen and oxygen atoms in total. The summed E-state index contributed by atoms with van der Waals surface area (Å²) in [7, 11) is 1.37. The lowest BCUT2D eigenvalue weighted by Crippen LogP contribution is -2.00. The summed E-state index contributed by atoms with van der Waals surface area (Å²) in [5.74, 6) is -0.408. The second kappa shape index (κ2) is 6.83. The number of carbonyl (C=O) groups is 1. The highest BCUT2D eigenvalue weighted by Crippen LogP contribution is 2.33. The van der Waals surface area contributed by atoms with E-state index in [1.807, 2.05) is 36.5 Å². The van der Waals surface area contributed by atoms with Crippen molar-refractivity contribution in [3.8, 4) is 22.3 Å². The van der Waals surface area contributed by atoms with Crippen LogP contribution < -0.4 is 0 Å². The Kier molecular flexibility index (Phi) is 4.02. The van der Waals surface area contributed by atoms with Crippen molar-refractivity contribution in [1.29, 1.82) is 0 Å². The number of nitrogens with zero attached hydrogens (tertiary/aromatic N) is 3. The van der Waals surface area contributed by atoms with Gasteiger partial charge >= 0.3 is 5.97 Å². The van der Waals surface area contributed by atoms with Gasteiger partial charge in [0.05, 0.1) is 24.3 Å². The third kappa shape index (κ3) is 2.91. The number of nitrogens with one attached hydrogen (secondary N) is 1. The van der Waals surface area contributed by atoms with E-state index in [0.717, 1.165) is 44.1 Å². The van der Waals surface area contributed by atoms with E-state index in [0.29, 0.717) is 5.69 Å². The van der Waals surface area contributed by atoms with Crippen molar-refractivity contribution in [2.24, 2.45) is 0 Å². The molecule has 1 N–H and O–H groups in total. The molecule has 4 aromatic heterocycles. The molecule has 0 fully saturated rings. The van der Waals surface area contributed by atoms with Crippen molar-refractivity contribution >= 4 is 27.8 Å². The van der Waals surface area contributed by atoms with Crippen LogP contribution in [0, 0.1) is 0 Å². The standard InChI is InChI=1S/C23H16N4O2/c1-29-23(28)21-11-18-19(12-25-13-22(18)27-21)15-2-3-20-17(10-15)16(6-9-26-20)14-4-7-24-8-5-14/h2-13,27H,1H3. The highest BCUT2D eigenvalue weighted by atomic mass is 16.5. The van der Waals surface area contributed by atoms with Crippen molar-refractivity contribution in [2.75, 3.05) is 7.11 Å². The van der Waals surface area contributed by atoms with Crippen LogP contribution in [-0.4, -0.2) is 33.0 Å². The Morgan fingerprint density at radius 2 is 1.72 bits per heavy atom. The molecule has 0 spiro atoms. The number of aromatic nitrogens is 4. The predicted molar refractivity (Wildman–Crippen MR) is 111 cm³/mol. The molecule has 5 rings (SSSR count). The van der Waals surface area contributed by atoms with E-state index in [4.69, 9.17) is 4.74 Å². The molecule has 6 heteroatoms. The molecule has 0 saturated carbocycles. The Morgan fingerprint density at radius 3 is 2.55 bits per heavy atom. The largest absolute Gasteiger partial charge is 0.464 e. The fourth-order valence-corrected chi connectivity index (χ4v) is 3.60. The highest BCUT2D eigenvalue weighted by Gasteiger charge is 2.14. The molecule has 5 aromatic rings. The van der Waals surface area contributed by atoms with Gasteiger partial charge in [0.25, 0.3) is 0 Å². The first-order chi connectivity index (χ1) is 14.2. The first kappa shape index (κ1) is 17.1. The molecule has 4 heterocycles. The number of hydrogen-bond acceptors (Lipinski definition) is 5. The van der Waals surface area contributed by atoms with Crippen molar-refractivity contribution in [1.82, 2.24) is 19.9 Å². The number of fused-ring (bicyclic) bond motifs is 2. The molecule has 0 aliphatic heterocycles. The lowest BCUT2D eigenvalue weighted by atomic mass is 9.97. The fraction of sp³-hybridized carbons (Fsp3) is 0.0435. The number of ether oxygens (including phenoxy) is 1. The maximum Gasteiger partial charge on any atom is 0.354 e. The third-order valence-electron chi connectivity index (χ3n) is 4.99. The molecular weight excluding hydrogens is 364 g/mol. The molecule has 0 radical (unpaired) electrons. The summed E-state index contributed by atoms with van der Waals surface area (Å²) in [6.07, 6.45) is 8.89. The van der Waals surface area contributed by atoms with E-state index in [-0.39, 0.29) is 0 Å². The number of benzene rings is 1. The Labute approximate surface area is 166 Å². The SMILES string of the molecule is COC(=O)c1cc2c(-c3ccc4nccc(-c5ccncc5)c4c3)cncc2[nH]1. The smallest absolute Gasteiger partial charge is 0.354 e. The first-order valence-corrected chi connectivity index (χ1v) is 9.09. The minimum Gasteiger partial charge on any atom is -0.464 e. The Balaban J connectivity index is 1.72. The van der Waals surface area contributed by atoms with Gasteiger partial charge in [-0.05, 0) is 53.1 Å². The van der Waals surface area contributed by atoms with Crippen LogP contribution in [0.1, 0.15) is 10.5 Å². The number of methoxy groups -OCH3 is 1. The van der Waals surface area contributed by atoms with Crippen LogP contribution in [0.2, 0.25) is 0 Å². The molecule has 0 aliphatic carbocycles. The van der Waals surface area contributed by atoms with E-state index in [1.54, 1.807) is 30.9 Å². The zero-order chi connectivity index (χ0) is 19.8. The van der Waals surface area contributed by atoms with Crippen LogP contribution in [0.3, 0.4) is 0 Å². The molecule has 1 aromatic carbocycles. The summed E-state index contributed by atoms with van der Waals surface area (Å²) in [6.45, 7) is 0. The van der Waals surface area contributed by atoms with E-state index < -0.39 is 5.97 Å². The number of esters is 1. The van der Waals surface area contributed by atoms with Gasteiger partial charge in [0, 0.05) is 41.1 Å². The van der Waals surface area contributed by atoms with Gasteiger partial charge in [-0.15, -0.1) is 0 Å². The Bertz CT molecular complexity index is 1360. The average molecular weight is 380 g/mol. The zero-order valence-electron chi connectivity index (χ0n) is 15.6. The molecule has 29 heavy (non-hydrogen) atoms. The third-order valence-corrected chi connectivity index (χ3v) is 4.99. The number of H-pyrrole nitrogens is 1. The predicted octanol–water partition coefficient (Wildman–Crippen LogP) is 4.63. The number of hydrogen-bond donors (Lipinski definition) is 1. The van der Waals surface area contributed by atoms with E-state index in [1.165, 1.54) is 7.11 Å². The van der Waals surface area contributed by atoms with Crippen LogP contribution in [-0.2, 0) is 4.74 Å². The van der Waals surface area contributed by atoms with Crippen molar-refractivity contribution in [3.63, 3.8) is 0 Å². The van der Waals surface area contributed by atoms with Crippen LogP contribution in [0.4, 0.5) is 0 Å². The lowest BCUT2D eigenvalue weighted by molar-refractivity contribution is 0.0595. The molecule has 0 unspecified atom stereocenters. The van der Waals surface area contributed by atoms with Crippen molar-refractivity contribution < 1.29 is 9.53 Å². The zero-order valence-corrected chi connectivity index (χ0v) is 15.6. The maximum absolute atomic E-state index is 11.9. The monoisotopic (exact) mass is 380 g/mol. The Hall–Kier alpha value is -4.06. The summed E-state index contributed by atoms with van der Waals surface area (Å²) >= 11 is 0. The van der Waals surface area contributed by atoms with Gasteiger partial charge in [-0.1, -0.05) is 6.07 Å². The molecular formula is C23H16N4O2. The Morgan fingerprint density at radius 1 is 0.862 bits per heavy atom. The topological polar surface area (TPSA) is 80.8 Å². The van der Waals surface area contributed by atoms with Gasteiger partial charge in [0.2, 0.25) is 0 Å². The number of pyridine rings is 3. The summed E-state index contributed by atoms with van der Waals surface area (Å²) in [5, 5.41) is 1.95. The van der Waals surface area contributed by atoms with E-state index in [9.17, 15) is 4.79 Å². The van der Waals surface area contributed by atoms with Gasteiger partial charge in [-0.25, -0.2) is 4.79 Å². The maximum atomic E-state index is 11.9.